The van der Waals surface area contributed by atoms with Gasteiger partial charge in [-0.05, 0) is 6.42 Å². The van der Waals surface area contributed by atoms with E-state index in [1.807, 2.05) is 16.7 Å². The number of hydrogen-bond donors (Lipinski definition) is 3. The van der Waals surface area contributed by atoms with Gasteiger partial charge in [-0.25, -0.2) is 4.98 Å². The van der Waals surface area contributed by atoms with E-state index < -0.39 is 0 Å². The predicted octanol–water partition coefficient (Wildman–Crippen LogP) is -0.189. The highest BCUT2D eigenvalue weighted by molar-refractivity contribution is 5.70. The monoisotopic (exact) mass is 247 g/mol. The number of aliphatic hydroxyl groups is 1. The van der Waals surface area contributed by atoms with Crippen molar-refractivity contribution in [3.63, 3.8) is 0 Å². The summed E-state index contributed by atoms with van der Waals surface area (Å²) in [5.74, 6) is 0.224. The summed E-state index contributed by atoms with van der Waals surface area (Å²) in [6, 6.07) is 0.0563. The summed E-state index contributed by atoms with van der Waals surface area (Å²) in [6.45, 7) is 0.121. The van der Waals surface area contributed by atoms with Gasteiger partial charge in [0.25, 0.3) is 5.56 Å². The topological polar surface area (TPSA) is 110 Å². The molecule has 2 heterocycles. The molecule has 4 N–H and O–H groups in total. The van der Waals surface area contributed by atoms with Crippen molar-refractivity contribution in [3.05, 3.63) is 28.8 Å². The molecular weight excluding hydrogens is 234 g/mol. The van der Waals surface area contributed by atoms with Gasteiger partial charge in [-0.15, -0.1) is 0 Å². The molecule has 0 saturated heterocycles. The smallest absolute Gasteiger partial charge is 0.280 e. The fourth-order valence-electron chi connectivity index (χ4n) is 2.28. The second kappa shape index (κ2) is 3.95. The number of H-pyrrole nitrogens is 1. The molecule has 7 heteroatoms. The summed E-state index contributed by atoms with van der Waals surface area (Å²) in [4.78, 5) is 22.2. The molecule has 0 fully saturated rings. The lowest BCUT2D eigenvalue weighted by Crippen LogP contribution is -2.13. The number of hydrogen-bond acceptors (Lipinski definition) is 5. The van der Waals surface area contributed by atoms with Gasteiger partial charge in [-0.2, -0.15) is 4.98 Å². The Labute approximate surface area is 102 Å². The van der Waals surface area contributed by atoms with Crippen LogP contribution in [0.15, 0.2) is 23.3 Å². The summed E-state index contributed by atoms with van der Waals surface area (Å²) < 4.78 is 1.81. The molecular formula is C11H13N5O2. The van der Waals surface area contributed by atoms with Crippen LogP contribution in [-0.4, -0.2) is 31.2 Å². The van der Waals surface area contributed by atoms with Gasteiger partial charge in [0.2, 0.25) is 5.95 Å². The maximum Gasteiger partial charge on any atom is 0.280 e. The Kier molecular flexibility index (Phi) is 2.41. The van der Waals surface area contributed by atoms with Gasteiger partial charge in [-0.1, -0.05) is 12.2 Å². The number of nitrogen functional groups attached to an aromatic ring is 1. The number of fused-ring (bicyclic) bond motifs is 1. The largest absolute Gasteiger partial charge is 0.396 e. The Morgan fingerprint density at radius 2 is 2.39 bits per heavy atom. The highest BCUT2D eigenvalue weighted by Gasteiger charge is 2.22. The van der Waals surface area contributed by atoms with E-state index in [1.165, 1.54) is 0 Å². The number of nitrogens with one attached hydrogen (secondary N) is 1. The molecule has 94 valence electrons. The minimum absolute atomic E-state index is 0.0563. The Bertz CT molecular complexity index is 672. The zero-order chi connectivity index (χ0) is 12.7. The van der Waals surface area contributed by atoms with Gasteiger partial charge in [0.1, 0.15) is 0 Å². The summed E-state index contributed by atoms with van der Waals surface area (Å²) in [5, 5.41) is 9.12. The van der Waals surface area contributed by atoms with Crippen LogP contribution in [-0.2, 0) is 0 Å². The maximum absolute atomic E-state index is 11.6. The lowest BCUT2D eigenvalue weighted by Gasteiger charge is -2.12. The van der Waals surface area contributed by atoms with Crippen LogP contribution in [0.4, 0.5) is 5.95 Å². The Morgan fingerprint density at radius 3 is 3.11 bits per heavy atom. The van der Waals surface area contributed by atoms with Gasteiger partial charge in [0.05, 0.1) is 12.4 Å². The molecule has 3 rings (SSSR count). The fraction of sp³-hybridized carbons (Fsp3) is 0.364. The average Bonchev–Trinajstić information content (AvgIpc) is 2.93. The normalized spacial score (nSPS) is 22.9. The quantitative estimate of drug-likeness (QED) is 0.637. The highest BCUT2D eigenvalue weighted by atomic mass is 16.3. The van der Waals surface area contributed by atoms with Crippen molar-refractivity contribution < 1.29 is 5.11 Å². The Hall–Kier alpha value is -2.15. The summed E-state index contributed by atoms with van der Waals surface area (Å²) in [5.41, 5.74) is 5.96. The first-order chi connectivity index (χ1) is 8.69. The van der Waals surface area contributed by atoms with Gasteiger partial charge in [0, 0.05) is 12.5 Å². The van der Waals surface area contributed by atoms with Crippen LogP contribution in [0.5, 0.6) is 0 Å². The third-order valence-electron chi connectivity index (χ3n) is 3.19. The van der Waals surface area contributed by atoms with E-state index in [9.17, 15) is 4.79 Å². The first kappa shape index (κ1) is 11.0. The first-order valence-electron chi connectivity index (χ1n) is 5.70. The van der Waals surface area contributed by atoms with Crippen LogP contribution in [0.25, 0.3) is 11.2 Å². The Morgan fingerprint density at radius 1 is 1.56 bits per heavy atom. The molecule has 0 spiro atoms. The number of aromatic amines is 1. The van der Waals surface area contributed by atoms with Crippen molar-refractivity contribution in [1.82, 2.24) is 19.5 Å². The van der Waals surface area contributed by atoms with E-state index in [0.717, 1.165) is 6.42 Å². The second-order valence-electron chi connectivity index (χ2n) is 4.41. The van der Waals surface area contributed by atoms with E-state index in [0.29, 0.717) is 5.65 Å². The van der Waals surface area contributed by atoms with Gasteiger partial charge in [-0.3, -0.25) is 9.78 Å². The number of aliphatic hydroxyl groups excluding tert-OH is 1. The molecule has 0 bridgehead atoms. The molecule has 1 aliphatic carbocycles. The van der Waals surface area contributed by atoms with Crippen LogP contribution in [0.3, 0.4) is 0 Å². The van der Waals surface area contributed by atoms with Gasteiger partial charge < -0.3 is 15.4 Å². The van der Waals surface area contributed by atoms with Crippen molar-refractivity contribution in [2.75, 3.05) is 12.3 Å². The first-order valence-corrected chi connectivity index (χ1v) is 5.70. The third-order valence-corrected chi connectivity index (χ3v) is 3.19. The molecule has 0 aliphatic heterocycles. The van der Waals surface area contributed by atoms with Crippen molar-refractivity contribution in [2.24, 2.45) is 5.92 Å². The number of nitrogens with two attached hydrogens (primary N) is 1. The molecule has 7 nitrogen and oxygen atoms in total. The molecule has 18 heavy (non-hydrogen) atoms. The van der Waals surface area contributed by atoms with Crippen molar-refractivity contribution in [2.45, 2.75) is 12.5 Å². The van der Waals surface area contributed by atoms with E-state index in [4.69, 9.17) is 10.8 Å². The fourth-order valence-corrected chi connectivity index (χ4v) is 2.28. The van der Waals surface area contributed by atoms with E-state index in [2.05, 4.69) is 15.0 Å². The highest BCUT2D eigenvalue weighted by Crippen LogP contribution is 2.29. The average molecular weight is 247 g/mol. The number of aromatic nitrogens is 4. The van der Waals surface area contributed by atoms with Crippen LogP contribution in [0.2, 0.25) is 0 Å². The van der Waals surface area contributed by atoms with Crippen molar-refractivity contribution >= 4 is 17.1 Å². The lowest BCUT2D eigenvalue weighted by atomic mass is 10.1. The molecule has 0 aromatic carbocycles. The molecule has 2 aromatic heterocycles. The summed E-state index contributed by atoms with van der Waals surface area (Å²) >= 11 is 0. The summed E-state index contributed by atoms with van der Waals surface area (Å²) in [6.07, 6.45) is 6.31. The van der Waals surface area contributed by atoms with Gasteiger partial charge in [0.15, 0.2) is 11.2 Å². The van der Waals surface area contributed by atoms with E-state index in [-0.39, 0.29) is 35.6 Å². The van der Waals surface area contributed by atoms with Crippen LogP contribution >= 0.6 is 0 Å². The minimum Gasteiger partial charge on any atom is -0.396 e. The third kappa shape index (κ3) is 1.60. The van der Waals surface area contributed by atoms with Crippen molar-refractivity contribution in [1.29, 1.82) is 0 Å². The van der Waals surface area contributed by atoms with Crippen LogP contribution in [0.1, 0.15) is 12.5 Å². The molecule has 0 saturated carbocycles. The number of nitrogens with zero attached hydrogens (tertiary/aromatic N) is 3. The Balaban J connectivity index is 2.09. The predicted molar refractivity (Wildman–Crippen MR) is 65.9 cm³/mol. The SMILES string of the molecule is Nc1nc2c(ncn2[C@H]2C=CC(CO)C2)c(=O)[nH]1. The number of imidazole rings is 1. The standard InChI is InChI=1S/C11H13N5O2/c12-11-14-9-8(10(18)15-11)13-5-16(9)7-2-1-6(3-7)4-17/h1-2,5-7,17H,3-4H2,(H3,12,14,15,18)/t6?,7-/m0/s1. The van der Waals surface area contributed by atoms with Gasteiger partial charge >= 0.3 is 0 Å². The lowest BCUT2D eigenvalue weighted by molar-refractivity contribution is 0.244. The zero-order valence-corrected chi connectivity index (χ0v) is 9.58. The van der Waals surface area contributed by atoms with E-state index >= 15 is 0 Å². The van der Waals surface area contributed by atoms with E-state index in [1.54, 1.807) is 6.33 Å². The summed E-state index contributed by atoms with van der Waals surface area (Å²) in [7, 11) is 0. The second-order valence-corrected chi connectivity index (χ2v) is 4.41. The molecule has 0 amide bonds. The minimum atomic E-state index is -0.336. The van der Waals surface area contributed by atoms with Crippen molar-refractivity contribution in [3.8, 4) is 0 Å². The number of rotatable bonds is 2. The maximum atomic E-state index is 11.6. The molecule has 0 radical (unpaired) electrons. The molecule has 2 atom stereocenters. The molecule has 1 aliphatic rings. The number of anilines is 1. The van der Waals surface area contributed by atoms with Crippen LogP contribution in [0, 0.1) is 5.92 Å². The molecule has 1 unspecified atom stereocenters. The van der Waals surface area contributed by atoms with Crippen LogP contribution < -0.4 is 11.3 Å². The molecule has 2 aromatic rings. The number of allylic oxidation sites excluding steroid dienone is 1. The zero-order valence-electron chi connectivity index (χ0n) is 9.58.